The molecule has 1 heterocycles. The van der Waals surface area contributed by atoms with Crippen LogP contribution >= 0.6 is 0 Å². The Morgan fingerprint density at radius 3 is 2.19 bits per heavy atom. The van der Waals surface area contributed by atoms with Crippen LogP contribution in [0.25, 0.3) is 22.1 Å². The Kier molecular flexibility index (Phi) is 4.07. The van der Waals surface area contributed by atoms with Gasteiger partial charge < -0.3 is 9.73 Å². The van der Waals surface area contributed by atoms with Gasteiger partial charge in [0.15, 0.2) is 0 Å². The van der Waals surface area contributed by atoms with Crippen molar-refractivity contribution in [3.63, 3.8) is 0 Å². The Morgan fingerprint density at radius 1 is 0.769 bits per heavy atom. The summed E-state index contributed by atoms with van der Waals surface area (Å²) in [4.78, 5) is 24.5. The molecule has 0 spiro atoms. The van der Waals surface area contributed by atoms with Crippen LogP contribution in [-0.2, 0) is 0 Å². The molecule has 26 heavy (non-hydrogen) atoms. The number of anilines is 1. The summed E-state index contributed by atoms with van der Waals surface area (Å²) in [6.45, 7) is 0. The molecule has 0 aliphatic heterocycles. The molecule has 1 amide bonds. The first-order valence-electron chi connectivity index (χ1n) is 8.20. The van der Waals surface area contributed by atoms with Gasteiger partial charge in [-0.3, -0.25) is 4.79 Å². The van der Waals surface area contributed by atoms with E-state index in [1.807, 2.05) is 60.7 Å². The number of hydrogen-bond donors (Lipinski definition) is 1. The van der Waals surface area contributed by atoms with Crippen LogP contribution in [0.2, 0.25) is 0 Å². The topological polar surface area (TPSA) is 59.3 Å². The fourth-order valence-electron chi connectivity index (χ4n) is 2.80. The summed E-state index contributed by atoms with van der Waals surface area (Å²) in [6.07, 6.45) is 0. The number of rotatable bonds is 3. The van der Waals surface area contributed by atoms with Crippen molar-refractivity contribution in [2.75, 3.05) is 5.32 Å². The van der Waals surface area contributed by atoms with Crippen molar-refractivity contribution in [2.45, 2.75) is 0 Å². The minimum absolute atomic E-state index is 0.0177. The van der Waals surface area contributed by atoms with Gasteiger partial charge in [0.05, 0.1) is 0 Å². The highest BCUT2D eigenvalue weighted by Crippen LogP contribution is 2.21. The molecule has 0 saturated heterocycles. The van der Waals surface area contributed by atoms with E-state index in [9.17, 15) is 9.59 Å². The van der Waals surface area contributed by atoms with E-state index in [4.69, 9.17) is 4.42 Å². The number of hydrogen-bond acceptors (Lipinski definition) is 3. The normalized spacial score (nSPS) is 10.6. The molecule has 0 radical (unpaired) electrons. The summed E-state index contributed by atoms with van der Waals surface area (Å²) in [5.74, 6) is -0.489. The van der Waals surface area contributed by atoms with Gasteiger partial charge in [-0.15, -0.1) is 0 Å². The van der Waals surface area contributed by atoms with E-state index in [1.165, 1.54) is 0 Å². The van der Waals surface area contributed by atoms with Crippen molar-refractivity contribution in [3.8, 4) is 11.1 Å². The second-order valence-corrected chi connectivity index (χ2v) is 5.88. The Bertz CT molecular complexity index is 1130. The quantitative estimate of drug-likeness (QED) is 0.549. The third kappa shape index (κ3) is 3.13. The maximum absolute atomic E-state index is 12.5. The second-order valence-electron chi connectivity index (χ2n) is 5.88. The average molecular weight is 341 g/mol. The van der Waals surface area contributed by atoms with Crippen LogP contribution in [0.15, 0.2) is 94.1 Å². The van der Waals surface area contributed by atoms with Crippen LogP contribution in [0.1, 0.15) is 10.4 Å². The maximum atomic E-state index is 12.5. The lowest BCUT2D eigenvalue weighted by molar-refractivity contribution is 0.102. The second kappa shape index (κ2) is 6.69. The zero-order valence-electron chi connectivity index (χ0n) is 13.8. The molecule has 4 rings (SSSR count). The Balaban J connectivity index is 1.58. The monoisotopic (exact) mass is 341 g/mol. The van der Waals surface area contributed by atoms with Gasteiger partial charge in [-0.05, 0) is 35.4 Å². The number of carbonyl (C=O) groups excluding carboxylic acids is 1. The van der Waals surface area contributed by atoms with Crippen molar-refractivity contribution in [3.05, 3.63) is 101 Å². The van der Waals surface area contributed by atoms with E-state index in [0.717, 1.165) is 11.1 Å². The first-order valence-corrected chi connectivity index (χ1v) is 8.20. The molecule has 4 heteroatoms. The van der Waals surface area contributed by atoms with Crippen molar-refractivity contribution >= 4 is 22.6 Å². The molecule has 0 bridgehead atoms. The largest absolute Gasteiger partial charge is 0.422 e. The van der Waals surface area contributed by atoms with E-state index in [0.29, 0.717) is 16.7 Å². The van der Waals surface area contributed by atoms with Crippen LogP contribution < -0.4 is 10.9 Å². The number of fused-ring (bicyclic) bond motifs is 1. The summed E-state index contributed by atoms with van der Waals surface area (Å²) in [6, 6.07) is 26.1. The summed E-state index contributed by atoms with van der Waals surface area (Å²) in [5, 5.41) is 3.45. The molecule has 4 nitrogen and oxygen atoms in total. The predicted octanol–water partition coefficient (Wildman–Crippen LogP) is 4.71. The van der Waals surface area contributed by atoms with Gasteiger partial charge in [-0.1, -0.05) is 60.7 Å². The maximum Gasteiger partial charge on any atom is 0.349 e. The number of amides is 1. The van der Waals surface area contributed by atoms with Gasteiger partial charge in [0.25, 0.3) is 5.91 Å². The van der Waals surface area contributed by atoms with Gasteiger partial charge in [0, 0.05) is 11.1 Å². The summed E-state index contributed by atoms with van der Waals surface area (Å²) >= 11 is 0. The fourth-order valence-corrected chi connectivity index (χ4v) is 2.80. The summed E-state index contributed by atoms with van der Waals surface area (Å²) in [5.41, 5.74) is 2.55. The highest BCUT2D eigenvalue weighted by Gasteiger charge is 2.14. The van der Waals surface area contributed by atoms with Gasteiger partial charge in [-0.25, -0.2) is 4.79 Å². The molecule has 3 aromatic carbocycles. The van der Waals surface area contributed by atoms with Crippen molar-refractivity contribution < 1.29 is 9.21 Å². The standard InChI is InChI=1S/C22H15NO3/c24-21(19-14-17-8-4-5-9-20(17)26-22(19)25)23-18-12-10-16(11-13-18)15-6-2-1-3-7-15/h1-14H,(H,23,24). The molecule has 1 N–H and O–H groups in total. The van der Waals surface area contributed by atoms with Crippen molar-refractivity contribution in [2.24, 2.45) is 0 Å². The number of carbonyl (C=O) groups is 1. The van der Waals surface area contributed by atoms with Crippen LogP contribution in [-0.4, -0.2) is 5.91 Å². The molecular weight excluding hydrogens is 326 g/mol. The van der Waals surface area contributed by atoms with Gasteiger partial charge in [0.1, 0.15) is 11.1 Å². The SMILES string of the molecule is O=C(Nc1ccc(-c2ccccc2)cc1)c1cc2ccccc2oc1=O. The Morgan fingerprint density at radius 2 is 1.42 bits per heavy atom. The van der Waals surface area contributed by atoms with Crippen molar-refractivity contribution in [1.29, 1.82) is 0 Å². The van der Waals surface area contributed by atoms with E-state index < -0.39 is 11.5 Å². The number of benzene rings is 3. The first-order chi connectivity index (χ1) is 12.7. The zero-order chi connectivity index (χ0) is 17.9. The summed E-state index contributed by atoms with van der Waals surface area (Å²) < 4.78 is 5.21. The minimum Gasteiger partial charge on any atom is -0.422 e. The average Bonchev–Trinajstić information content (AvgIpc) is 2.68. The van der Waals surface area contributed by atoms with Crippen molar-refractivity contribution in [1.82, 2.24) is 0 Å². The smallest absolute Gasteiger partial charge is 0.349 e. The predicted molar refractivity (Wildman–Crippen MR) is 102 cm³/mol. The van der Waals surface area contributed by atoms with E-state index in [-0.39, 0.29) is 5.56 Å². The molecule has 0 aliphatic rings. The minimum atomic E-state index is -0.651. The highest BCUT2D eigenvalue weighted by atomic mass is 16.4. The van der Waals surface area contributed by atoms with E-state index in [2.05, 4.69) is 5.32 Å². The molecule has 126 valence electrons. The molecule has 0 atom stereocenters. The lowest BCUT2D eigenvalue weighted by Crippen LogP contribution is -2.20. The zero-order valence-corrected chi connectivity index (χ0v) is 13.8. The Hall–Kier alpha value is -3.66. The van der Waals surface area contributed by atoms with Gasteiger partial charge >= 0.3 is 5.63 Å². The van der Waals surface area contributed by atoms with Crippen LogP contribution in [0.3, 0.4) is 0 Å². The first kappa shape index (κ1) is 15.8. The molecule has 0 unspecified atom stereocenters. The molecule has 4 aromatic rings. The molecular formula is C22H15NO3. The fraction of sp³-hybridized carbons (Fsp3) is 0. The lowest BCUT2D eigenvalue weighted by atomic mass is 10.1. The number of nitrogens with one attached hydrogen (secondary N) is 1. The summed E-state index contributed by atoms with van der Waals surface area (Å²) in [7, 11) is 0. The molecule has 0 aliphatic carbocycles. The molecule has 0 saturated carbocycles. The van der Waals surface area contributed by atoms with Crippen LogP contribution in [0, 0.1) is 0 Å². The third-order valence-electron chi connectivity index (χ3n) is 4.14. The lowest BCUT2D eigenvalue weighted by Gasteiger charge is -2.07. The number of para-hydroxylation sites is 1. The van der Waals surface area contributed by atoms with Crippen LogP contribution in [0.4, 0.5) is 5.69 Å². The van der Waals surface area contributed by atoms with Crippen LogP contribution in [0.5, 0.6) is 0 Å². The Labute approximate surface area is 149 Å². The third-order valence-corrected chi connectivity index (χ3v) is 4.14. The van der Waals surface area contributed by atoms with E-state index >= 15 is 0 Å². The molecule has 1 aromatic heterocycles. The highest BCUT2D eigenvalue weighted by molar-refractivity contribution is 6.05. The van der Waals surface area contributed by atoms with Gasteiger partial charge in [0.2, 0.25) is 0 Å². The van der Waals surface area contributed by atoms with Gasteiger partial charge in [-0.2, -0.15) is 0 Å². The van der Waals surface area contributed by atoms with E-state index in [1.54, 1.807) is 24.3 Å². The molecule has 0 fully saturated rings.